The second-order valence-corrected chi connectivity index (χ2v) is 18.4. The first-order valence-electron chi connectivity index (χ1n) is 19.5. The first kappa shape index (κ1) is 40.8. The number of ether oxygens (including phenoxy) is 4. The second kappa shape index (κ2) is 13.9. The van der Waals surface area contributed by atoms with Gasteiger partial charge in [-0.2, -0.15) is 0 Å². The molecule has 306 valence electrons. The summed E-state index contributed by atoms with van der Waals surface area (Å²) >= 11 is 0. The number of esters is 1. The molecule has 57 heavy (non-hydrogen) atoms. The fourth-order valence-electron chi connectivity index (χ4n) is 9.44. The molecule has 2 fully saturated rings. The van der Waals surface area contributed by atoms with Gasteiger partial charge in [-0.15, -0.1) is 0 Å². The highest BCUT2D eigenvalue weighted by molar-refractivity contribution is 7.46. The summed E-state index contributed by atoms with van der Waals surface area (Å²) in [5.74, 6) is -1.04. The molecule has 1 aliphatic carbocycles. The van der Waals surface area contributed by atoms with Gasteiger partial charge in [0.1, 0.15) is 17.1 Å². The summed E-state index contributed by atoms with van der Waals surface area (Å²) < 4.78 is 47.4. The van der Waals surface area contributed by atoms with Crippen LogP contribution in [0.25, 0.3) is 11.8 Å². The van der Waals surface area contributed by atoms with Crippen molar-refractivity contribution in [2.24, 2.45) is 11.8 Å². The zero-order valence-corrected chi connectivity index (χ0v) is 35.5. The average molecular weight is 804 g/mol. The Morgan fingerprint density at radius 3 is 2.40 bits per heavy atom. The number of methoxy groups -OCH3 is 1. The highest BCUT2D eigenvalue weighted by Crippen LogP contribution is 2.69. The topological polar surface area (TPSA) is 168 Å². The number of imidazole rings is 1. The number of aromatic nitrogens is 2. The van der Waals surface area contributed by atoms with Gasteiger partial charge in [0.2, 0.25) is 5.95 Å². The maximum absolute atomic E-state index is 15.4. The zero-order valence-electron chi connectivity index (χ0n) is 34.6. The monoisotopic (exact) mass is 803 g/mol. The van der Waals surface area contributed by atoms with Crippen molar-refractivity contribution in [3.05, 3.63) is 75.7 Å². The van der Waals surface area contributed by atoms with Crippen LogP contribution < -0.4 is 19.3 Å². The largest absolute Gasteiger partial charge is 0.524 e. The van der Waals surface area contributed by atoms with Crippen molar-refractivity contribution < 1.29 is 47.4 Å². The fraction of sp³-hybridized carbons (Fsp3) is 0.512. The maximum Gasteiger partial charge on any atom is 0.524 e. The molecule has 0 radical (unpaired) electrons. The minimum Gasteiger partial charge on any atom is -0.482 e. The van der Waals surface area contributed by atoms with E-state index in [1.807, 2.05) is 85.1 Å². The molecular weight excluding hydrogens is 749 g/mol. The minimum atomic E-state index is -5.20. The van der Waals surface area contributed by atoms with Gasteiger partial charge in [-0.3, -0.25) is 14.6 Å². The number of carbonyl (C=O) groups excluding carboxylic acids is 2. The number of allylic oxidation sites excluding steroid dienone is 4. The van der Waals surface area contributed by atoms with Crippen LogP contribution in [0.5, 0.6) is 17.2 Å². The number of Topliss-reactive ketones (excluding diaryl/α,β-unsaturated/α-hetero) is 1. The number of hydrogen-bond donors (Lipinski definition) is 3. The quantitative estimate of drug-likeness (QED) is 0.0913. The molecule has 13 nitrogen and oxygen atoms in total. The van der Waals surface area contributed by atoms with Crippen LogP contribution >= 0.6 is 7.82 Å². The minimum absolute atomic E-state index is 0.0255. The molecule has 1 saturated heterocycles. The summed E-state index contributed by atoms with van der Waals surface area (Å²) in [5, 5.41) is 3.52. The second-order valence-electron chi connectivity index (χ2n) is 17.2. The number of nitrogens with one attached hydrogen (secondary N) is 1. The number of rotatable bonds is 10. The maximum atomic E-state index is 15.4. The van der Waals surface area contributed by atoms with E-state index in [0.29, 0.717) is 52.5 Å². The van der Waals surface area contributed by atoms with Crippen molar-refractivity contribution in [3.63, 3.8) is 0 Å². The van der Waals surface area contributed by atoms with Crippen LogP contribution in [-0.2, 0) is 30.0 Å². The Balaban J connectivity index is 1.61. The molecular formula is C43H54N3O10P. The number of ketones is 1. The lowest BCUT2D eigenvalue weighted by molar-refractivity contribution is -0.176. The van der Waals surface area contributed by atoms with Crippen LogP contribution in [0.15, 0.2) is 59.0 Å². The van der Waals surface area contributed by atoms with Gasteiger partial charge in [0.15, 0.2) is 22.7 Å². The fourth-order valence-corrected chi connectivity index (χ4v) is 9.87. The van der Waals surface area contributed by atoms with E-state index in [-0.39, 0.29) is 29.3 Å². The van der Waals surface area contributed by atoms with Crippen LogP contribution in [-0.4, -0.2) is 60.6 Å². The predicted octanol–water partition coefficient (Wildman–Crippen LogP) is 8.20. The summed E-state index contributed by atoms with van der Waals surface area (Å²) in [7, 11) is -3.90. The van der Waals surface area contributed by atoms with E-state index >= 15 is 4.79 Å². The number of hydrogen-bond acceptors (Lipinski definition) is 10. The average Bonchev–Trinajstić information content (AvgIpc) is 3.66. The standard InChI is InChI=1S/C43H54N3O10P/c1-23(2)13-12-18-41(10)19-17-29-34(53-41)28(15-14-24(3)4)35-30(36(29)55-57(49,50)51)32-31-33(46-22-21-44-39(46)45-32)26(6)37(47)42(20-16-25(5)38(48)52-11)43(31,54-35)27(7)40(8,9)56-42/h13-14,16-17,19,21-22,26-27,33H,12,15,18,20H2,1-11H3,(H,44,45)(H2,49,50,51)/b25-16-. The van der Waals surface area contributed by atoms with Crippen molar-refractivity contribution in [2.45, 2.75) is 123 Å². The molecule has 0 bridgehead atoms. The Morgan fingerprint density at radius 1 is 1.05 bits per heavy atom. The highest BCUT2D eigenvalue weighted by atomic mass is 31.2. The van der Waals surface area contributed by atoms with Gasteiger partial charge in [0, 0.05) is 47.4 Å². The van der Waals surface area contributed by atoms with Crippen LogP contribution in [0.2, 0.25) is 0 Å². The SMILES string of the molecule is COC(=O)/C(C)=C\CC12OC(C)(C)C(C)C13Oc1c(CC=C(C)C)c4c(c(OP(=O)(O)O)c1C1=C3C(C(C)C2=O)n2ccnc2N1)C=CC(C)(CCC=C(C)C)O4. The van der Waals surface area contributed by atoms with Gasteiger partial charge >= 0.3 is 13.8 Å². The molecule has 1 aromatic heterocycles. The molecule has 1 aromatic carbocycles. The molecule has 5 aliphatic rings. The first-order valence-corrected chi connectivity index (χ1v) is 21.0. The Bertz CT molecular complexity index is 2270. The van der Waals surface area contributed by atoms with Gasteiger partial charge in [0.25, 0.3) is 0 Å². The molecule has 2 aromatic rings. The number of phosphoric ester groups is 1. The summed E-state index contributed by atoms with van der Waals surface area (Å²) in [5.41, 5.74) is -0.0846. The van der Waals surface area contributed by atoms with Crippen LogP contribution in [0.3, 0.4) is 0 Å². The number of benzene rings is 1. The third kappa shape index (κ3) is 6.33. The number of carbonyl (C=O) groups is 2. The number of phosphoric acid groups is 1. The Kier molecular flexibility index (Phi) is 9.91. The van der Waals surface area contributed by atoms with E-state index in [2.05, 4.69) is 16.4 Å². The molecule has 6 unspecified atom stereocenters. The summed E-state index contributed by atoms with van der Waals surface area (Å²) in [6, 6.07) is -0.636. The van der Waals surface area contributed by atoms with Crippen molar-refractivity contribution in [1.29, 1.82) is 0 Å². The van der Waals surface area contributed by atoms with E-state index < -0.39 is 54.1 Å². The van der Waals surface area contributed by atoms with E-state index in [1.165, 1.54) is 12.7 Å². The van der Waals surface area contributed by atoms with Gasteiger partial charge in [-0.1, -0.05) is 43.2 Å². The van der Waals surface area contributed by atoms with E-state index in [0.717, 1.165) is 12.0 Å². The van der Waals surface area contributed by atoms with Gasteiger partial charge in [-0.05, 0) is 86.8 Å². The van der Waals surface area contributed by atoms with Crippen LogP contribution in [0.4, 0.5) is 5.95 Å². The molecule has 3 N–H and O–H groups in total. The van der Waals surface area contributed by atoms with Gasteiger partial charge < -0.3 is 33.4 Å². The predicted molar refractivity (Wildman–Crippen MR) is 216 cm³/mol. The normalized spacial score (nSPS) is 29.0. The van der Waals surface area contributed by atoms with Crippen molar-refractivity contribution in [2.75, 3.05) is 12.4 Å². The summed E-state index contributed by atoms with van der Waals surface area (Å²) in [6.45, 7) is 19.4. The Labute approximate surface area is 334 Å². The molecule has 1 spiro atoms. The highest BCUT2D eigenvalue weighted by Gasteiger charge is 2.79. The lowest BCUT2D eigenvalue weighted by atomic mass is 9.55. The molecule has 1 saturated carbocycles. The van der Waals surface area contributed by atoms with E-state index in [1.54, 1.807) is 25.4 Å². The van der Waals surface area contributed by atoms with Crippen molar-refractivity contribution in [1.82, 2.24) is 9.55 Å². The lowest BCUT2D eigenvalue weighted by Gasteiger charge is -2.57. The molecule has 7 rings (SSSR count). The van der Waals surface area contributed by atoms with Crippen molar-refractivity contribution in [3.8, 4) is 17.2 Å². The number of fused-ring (bicyclic) bond motifs is 5. The van der Waals surface area contributed by atoms with E-state index in [9.17, 15) is 19.1 Å². The Morgan fingerprint density at radius 2 is 1.75 bits per heavy atom. The van der Waals surface area contributed by atoms with Crippen LogP contribution in [0, 0.1) is 11.8 Å². The lowest BCUT2D eigenvalue weighted by Crippen LogP contribution is -2.70. The first-order chi connectivity index (χ1) is 26.6. The smallest absolute Gasteiger partial charge is 0.482 e. The molecule has 5 heterocycles. The van der Waals surface area contributed by atoms with Crippen molar-refractivity contribution >= 4 is 37.3 Å². The third-order valence-corrected chi connectivity index (χ3v) is 12.8. The molecule has 0 amide bonds. The van der Waals surface area contributed by atoms with Gasteiger partial charge in [-0.25, -0.2) is 14.3 Å². The van der Waals surface area contributed by atoms with Crippen LogP contribution in [0.1, 0.15) is 111 Å². The molecule has 14 heteroatoms. The number of anilines is 1. The summed E-state index contributed by atoms with van der Waals surface area (Å²) in [6.07, 6.45) is 14.7. The molecule has 4 aliphatic heterocycles. The number of nitrogens with zero attached hydrogens (tertiary/aromatic N) is 2. The Hall–Kier alpha value is -4.42. The molecule has 6 atom stereocenters. The van der Waals surface area contributed by atoms with Gasteiger partial charge in [0.05, 0.1) is 35.6 Å². The van der Waals surface area contributed by atoms with E-state index in [4.69, 9.17) is 23.5 Å². The zero-order chi connectivity index (χ0) is 41.6. The summed E-state index contributed by atoms with van der Waals surface area (Å²) in [4.78, 5) is 53.9. The third-order valence-electron chi connectivity index (χ3n) is 12.4.